The molecule has 0 fully saturated rings. The van der Waals surface area contributed by atoms with Crippen LogP contribution >= 0.6 is 8.60 Å². The van der Waals surface area contributed by atoms with Crippen LogP contribution in [0.3, 0.4) is 0 Å². The van der Waals surface area contributed by atoms with Gasteiger partial charge in [-0.25, -0.2) is 0 Å². The van der Waals surface area contributed by atoms with Gasteiger partial charge in [-0.2, -0.15) is 0 Å². The summed E-state index contributed by atoms with van der Waals surface area (Å²) in [5.74, 6) is 0.534. The molecule has 3 nitrogen and oxygen atoms in total. The highest BCUT2D eigenvalue weighted by atomic mass is 31.2. The summed E-state index contributed by atoms with van der Waals surface area (Å²) in [6, 6.07) is 12.6. The van der Waals surface area contributed by atoms with Crippen LogP contribution in [0.15, 0.2) is 36.4 Å². The fourth-order valence-electron chi connectivity index (χ4n) is 3.55. The first kappa shape index (κ1) is 22.9. The standard InChI is InChI=1S/C24H35O3P/c1-22(2,3)17-12-10-16(11-13-17)20-18(23(4,5)6)14-15-19(27-28(25)26)21(20)24(7,8)9/h10-15,25-26H,1-9H3. The van der Waals surface area contributed by atoms with E-state index in [1.54, 1.807) is 0 Å². The van der Waals surface area contributed by atoms with E-state index in [1.165, 1.54) is 11.1 Å². The zero-order valence-corrected chi connectivity index (χ0v) is 19.6. The van der Waals surface area contributed by atoms with Crippen LogP contribution in [0.25, 0.3) is 11.1 Å². The Kier molecular flexibility index (Phi) is 6.36. The maximum Gasteiger partial charge on any atom is 0.391 e. The summed E-state index contributed by atoms with van der Waals surface area (Å²) in [6.07, 6.45) is 0. The van der Waals surface area contributed by atoms with Crippen molar-refractivity contribution >= 4 is 8.60 Å². The first-order valence-electron chi connectivity index (χ1n) is 9.77. The monoisotopic (exact) mass is 402 g/mol. The molecule has 0 aliphatic carbocycles. The van der Waals surface area contributed by atoms with Gasteiger partial charge in [0.25, 0.3) is 0 Å². The Hall–Kier alpha value is -1.41. The second-order valence-electron chi connectivity index (χ2n) is 10.5. The van der Waals surface area contributed by atoms with E-state index in [1.807, 2.05) is 6.07 Å². The Morgan fingerprint density at radius 1 is 0.679 bits per heavy atom. The molecule has 0 saturated heterocycles. The van der Waals surface area contributed by atoms with Gasteiger partial charge in [-0.15, -0.1) is 0 Å². The first-order valence-corrected chi connectivity index (χ1v) is 10.9. The molecule has 2 aromatic carbocycles. The summed E-state index contributed by atoms with van der Waals surface area (Å²) in [5.41, 5.74) is 5.52. The van der Waals surface area contributed by atoms with Gasteiger partial charge in [-0.05, 0) is 44.6 Å². The van der Waals surface area contributed by atoms with Crippen LogP contribution in [-0.4, -0.2) is 9.79 Å². The number of hydrogen-bond acceptors (Lipinski definition) is 3. The van der Waals surface area contributed by atoms with Gasteiger partial charge in [-0.1, -0.05) is 92.6 Å². The van der Waals surface area contributed by atoms with E-state index in [4.69, 9.17) is 4.52 Å². The average Bonchev–Trinajstić information content (AvgIpc) is 2.51. The van der Waals surface area contributed by atoms with E-state index in [0.29, 0.717) is 5.75 Å². The highest BCUT2D eigenvalue weighted by molar-refractivity contribution is 7.39. The Balaban J connectivity index is 2.85. The van der Waals surface area contributed by atoms with Gasteiger partial charge in [0.2, 0.25) is 0 Å². The number of rotatable bonds is 3. The van der Waals surface area contributed by atoms with Gasteiger partial charge in [0.1, 0.15) is 5.75 Å². The third kappa shape index (κ3) is 5.14. The second kappa shape index (κ2) is 7.78. The molecule has 0 radical (unpaired) electrons. The maximum absolute atomic E-state index is 9.51. The van der Waals surface area contributed by atoms with Crippen molar-refractivity contribution in [2.24, 2.45) is 0 Å². The van der Waals surface area contributed by atoms with Crippen LogP contribution in [0.5, 0.6) is 5.75 Å². The lowest BCUT2D eigenvalue weighted by molar-refractivity contribution is 0.370. The zero-order valence-electron chi connectivity index (χ0n) is 18.7. The van der Waals surface area contributed by atoms with Gasteiger partial charge in [-0.3, -0.25) is 0 Å². The quantitative estimate of drug-likeness (QED) is 0.553. The average molecular weight is 403 g/mol. The third-order valence-corrected chi connectivity index (χ3v) is 5.30. The van der Waals surface area contributed by atoms with Crippen molar-refractivity contribution in [2.75, 3.05) is 0 Å². The molecule has 0 aliphatic heterocycles. The van der Waals surface area contributed by atoms with Crippen LogP contribution in [0.2, 0.25) is 0 Å². The lowest BCUT2D eigenvalue weighted by Gasteiger charge is -2.32. The normalized spacial score (nSPS) is 13.1. The summed E-state index contributed by atoms with van der Waals surface area (Å²) < 4.78 is 5.46. The van der Waals surface area contributed by atoms with Crippen LogP contribution in [0, 0.1) is 0 Å². The molecule has 0 aromatic heterocycles. The van der Waals surface area contributed by atoms with Crippen LogP contribution in [0.4, 0.5) is 0 Å². The van der Waals surface area contributed by atoms with E-state index in [2.05, 4.69) is 92.6 Å². The Labute approximate surface area is 171 Å². The summed E-state index contributed by atoms with van der Waals surface area (Å²) in [5, 5.41) is 0. The van der Waals surface area contributed by atoms with Crippen molar-refractivity contribution in [3.05, 3.63) is 53.1 Å². The fourth-order valence-corrected chi connectivity index (χ4v) is 3.88. The first-order chi connectivity index (χ1) is 12.6. The Bertz CT molecular complexity index is 817. The van der Waals surface area contributed by atoms with E-state index in [-0.39, 0.29) is 16.2 Å². The van der Waals surface area contributed by atoms with Crippen molar-refractivity contribution < 1.29 is 14.3 Å². The SMILES string of the molecule is CC(C)(C)c1ccc(-c2c(C(C)(C)C)ccc(OP(O)O)c2C(C)(C)C)cc1. The van der Waals surface area contributed by atoms with Gasteiger partial charge >= 0.3 is 8.60 Å². The van der Waals surface area contributed by atoms with Crippen molar-refractivity contribution in [3.63, 3.8) is 0 Å². The third-order valence-electron chi connectivity index (χ3n) is 4.94. The molecule has 0 heterocycles. The Morgan fingerprint density at radius 3 is 1.61 bits per heavy atom. The van der Waals surface area contributed by atoms with Crippen molar-refractivity contribution in [1.29, 1.82) is 0 Å². The van der Waals surface area contributed by atoms with Crippen molar-refractivity contribution in [1.82, 2.24) is 0 Å². The molecular formula is C24H35O3P. The molecule has 2 aromatic rings. The minimum absolute atomic E-state index is 0.0697. The van der Waals surface area contributed by atoms with E-state index >= 15 is 0 Å². The lowest BCUT2D eigenvalue weighted by Crippen LogP contribution is -2.20. The lowest BCUT2D eigenvalue weighted by atomic mass is 9.73. The Morgan fingerprint density at radius 2 is 1.21 bits per heavy atom. The van der Waals surface area contributed by atoms with Crippen LogP contribution in [-0.2, 0) is 16.2 Å². The molecule has 0 aliphatic rings. The zero-order chi connectivity index (χ0) is 21.5. The molecule has 2 N–H and O–H groups in total. The second-order valence-corrected chi connectivity index (χ2v) is 11.2. The van der Waals surface area contributed by atoms with Gasteiger partial charge in [0, 0.05) is 5.56 Å². The molecule has 0 saturated carbocycles. The molecule has 4 heteroatoms. The molecule has 0 amide bonds. The molecule has 0 atom stereocenters. The van der Waals surface area contributed by atoms with E-state index < -0.39 is 8.60 Å². The fraction of sp³-hybridized carbons (Fsp3) is 0.500. The summed E-state index contributed by atoms with van der Waals surface area (Å²) in [4.78, 5) is 19.0. The molecule has 154 valence electrons. The number of benzene rings is 2. The minimum Gasteiger partial charge on any atom is -0.427 e. The summed E-state index contributed by atoms with van der Waals surface area (Å²) in [6.45, 7) is 19.6. The molecular weight excluding hydrogens is 367 g/mol. The molecule has 0 unspecified atom stereocenters. The predicted molar refractivity (Wildman–Crippen MR) is 120 cm³/mol. The van der Waals surface area contributed by atoms with Crippen LogP contribution < -0.4 is 4.52 Å². The molecule has 0 spiro atoms. The van der Waals surface area contributed by atoms with Gasteiger partial charge < -0.3 is 14.3 Å². The largest absolute Gasteiger partial charge is 0.427 e. The summed E-state index contributed by atoms with van der Waals surface area (Å²) in [7, 11) is -2.48. The van der Waals surface area contributed by atoms with Gasteiger partial charge in [0.15, 0.2) is 0 Å². The molecule has 0 bridgehead atoms. The van der Waals surface area contributed by atoms with E-state index in [9.17, 15) is 9.79 Å². The minimum atomic E-state index is -2.48. The topological polar surface area (TPSA) is 49.7 Å². The number of hydrogen-bond donors (Lipinski definition) is 2. The van der Waals surface area contributed by atoms with Crippen molar-refractivity contribution in [3.8, 4) is 16.9 Å². The van der Waals surface area contributed by atoms with E-state index in [0.717, 1.165) is 16.7 Å². The van der Waals surface area contributed by atoms with Crippen LogP contribution in [0.1, 0.15) is 79.0 Å². The maximum atomic E-state index is 9.51. The highest BCUT2D eigenvalue weighted by Gasteiger charge is 2.30. The van der Waals surface area contributed by atoms with Gasteiger partial charge in [0.05, 0.1) is 0 Å². The predicted octanol–water partition coefficient (Wildman–Crippen LogP) is 6.84. The summed E-state index contributed by atoms with van der Waals surface area (Å²) >= 11 is 0. The highest BCUT2D eigenvalue weighted by Crippen LogP contribution is 2.47. The molecule has 28 heavy (non-hydrogen) atoms. The molecule has 2 rings (SSSR count). The smallest absolute Gasteiger partial charge is 0.391 e. The van der Waals surface area contributed by atoms with Crippen molar-refractivity contribution in [2.45, 2.75) is 78.6 Å².